The molecule has 3 aromatic rings. The van der Waals surface area contributed by atoms with E-state index >= 15 is 0 Å². The molecule has 1 amide bonds. The molecule has 0 aliphatic carbocycles. The molecule has 0 aliphatic rings. The Morgan fingerprint density at radius 1 is 1.00 bits per heavy atom. The normalized spacial score (nSPS) is 11.8. The maximum Gasteiger partial charge on any atom is 0.257 e. The Labute approximate surface area is 162 Å². The Kier molecular flexibility index (Phi) is 5.62. The summed E-state index contributed by atoms with van der Waals surface area (Å²) < 4.78 is 0. The van der Waals surface area contributed by atoms with Crippen LogP contribution in [0.5, 0.6) is 0 Å². The molecule has 3 aromatic carbocycles. The van der Waals surface area contributed by atoms with Crippen molar-refractivity contribution in [1.82, 2.24) is 0 Å². The zero-order chi connectivity index (χ0) is 18.7. The number of hydrogen-bond acceptors (Lipinski definition) is 2. The molecule has 0 unspecified atom stereocenters. The van der Waals surface area contributed by atoms with Gasteiger partial charge in [-0.1, -0.05) is 59.6 Å². The van der Waals surface area contributed by atoms with Gasteiger partial charge in [-0.3, -0.25) is 4.79 Å². The summed E-state index contributed by atoms with van der Waals surface area (Å²) in [5, 5.41) is 14.4. The fraction of sp³-hybridized carbons (Fsp3) is 0.0952. The second-order valence-corrected chi connectivity index (χ2v) is 6.83. The molecule has 0 bridgehead atoms. The Bertz CT molecular complexity index is 942. The van der Waals surface area contributed by atoms with E-state index < -0.39 is 6.10 Å². The van der Waals surface area contributed by atoms with Gasteiger partial charge < -0.3 is 10.4 Å². The van der Waals surface area contributed by atoms with E-state index in [4.69, 9.17) is 23.2 Å². The zero-order valence-corrected chi connectivity index (χ0v) is 15.6. The van der Waals surface area contributed by atoms with E-state index in [0.717, 1.165) is 5.56 Å². The molecule has 0 fully saturated rings. The van der Waals surface area contributed by atoms with Gasteiger partial charge in [0.15, 0.2) is 0 Å². The van der Waals surface area contributed by atoms with Gasteiger partial charge in [-0.2, -0.15) is 0 Å². The predicted molar refractivity (Wildman–Crippen MR) is 106 cm³/mol. The number of aliphatic hydroxyl groups is 1. The third-order valence-electron chi connectivity index (χ3n) is 4.04. The van der Waals surface area contributed by atoms with Crippen LogP contribution in [0.2, 0.25) is 10.0 Å². The molecule has 3 rings (SSSR count). The average Bonchev–Trinajstić information content (AvgIpc) is 2.63. The summed E-state index contributed by atoms with van der Waals surface area (Å²) in [7, 11) is 0. The van der Waals surface area contributed by atoms with Gasteiger partial charge in [0, 0.05) is 16.3 Å². The Balaban J connectivity index is 1.94. The number of carbonyl (C=O) groups is 1. The summed E-state index contributed by atoms with van der Waals surface area (Å²) in [5.41, 5.74) is 3.04. The molecule has 2 N–H and O–H groups in total. The minimum absolute atomic E-state index is 0.348. The highest BCUT2D eigenvalue weighted by atomic mass is 35.5. The third-order valence-corrected chi connectivity index (χ3v) is 4.59. The van der Waals surface area contributed by atoms with Crippen LogP contribution in [0.15, 0.2) is 66.7 Å². The second-order valence-electron chi connectivity index (χ2n) is 5.98. The van der Waals surface area contributed by atoms with Crippen LogP contribution in [-0.2, 0) is 0 Å². The van der Waals surface area contributed by atoms with Crippen LogP contribution in [0.3, 0.4) is 0 Å². The number of rotatable bonds is 4. The number of aliphatic hydroxyl groups excluding tert-OH is 1. The number of benzene rings is 3. The number of halogens is 2. The third kappa shape index (κ3) is 4.07. The summed E-state index contributed by atoms with van der Waals surface area (Å²) in [6.45, 7) is 1.90. The van der Waals surface area contributed by atoms with Crippen LogP contribution >= 0.6 is 23.2 Å². The Morgan fingerprint density at radius 2 is 1.73 bits per heavy atom. The molecule has 0 aliphatic heterocycles. The first-order chi connectivity index (χ1) is 12.5. The summed E-state index contributed by atoms with van der Waals surface area (Å²) in [6.07, 6.45) is -0.918. The van der Waals surface area contributed by atoms with E-state index in [2.05, 4.69) is 5.32 Å². The van der Waals surface area contributed by atoms with Gasteiger partial charge in [0.05, 0.1) is 10.6 Å². The second kappa shape index (κ2) is 7.92. The topological polar surface area (TPSA) is 49.3 Å². The van der Waals surface area contributed by atoms with Crippen LogP contribution in [0.1, 0.15) is 33.2 Å². The van der Waals surface area contributed by atoms with Crippen LogP contribution in [-0.4, -0.2) is 11.0 Å². The van der Waals surface area contributed by atoms with Crippen molar-refractivity contribution >= 4 is 34.8 Å². The lowest BCUT2D eigenvalue weighted by Crippen LogP contribution is -2.15. The molecule has 3 nitrogen and oxygen atoms in total. The minimum atomic E-state index is -0.918. The SMILES string of the molecule is Cc1ccc(C(=O)Nc2ccc(Cl)cc2[C@@H](O)c2ccccc2)c(Cl)c1. The van der Waals surface area contributed by atoms with Crippen molar-refractivity contribution in [1.29, 1.82) is 0 Å². The van der Waals surface area contributed by atoms with Gasteiger partial charge in [0.25, 0.3) is 5.91 Å². The molecule has 132 valence electrons. The fourth-order valence-electron chi connectivity index (χ4n) is 2.68. The summed E-state index contributed by atoms with van der Waals surface area (Å²) in [4.78, 5) is 12.6. The molecule has 1 atom stereocenters. The zero-order valence-electron chi connectivity index (χ0n) is 14.0. The van der Waals surface area contributed by atoms with Crippen molar-refractivity contribution in [2.75, 3.05) is 5.32 Å². The number of nitrogens with one attached hydrogen (secondary N) is 1. The average molecular weight is 386 g/mol. The van der Waals surface area contributed by atoms with Crippen LogP contribution in [0.4, 0.5) is 5.69 Å². The van der Waals surface area contributed by atoms with E-state index in [1.54, 1.807) is 30.3 Å². The molecular weight excluding hydrogens is 369 g/mol. The monoisotopic (exact) mass is 385 g/mol. The molecule has 0 aromatic heterocycles. The van der Waals surface area contributed by atoms with Gasteiger partial charge in [-0.05, 0) is 48.4 Å². The summed E-state index contributed by atoms with van der Waals surface area (Å²) in [6, 6.07) is 19.4. The van der Waals surface area contributed by atoms with Gasteiger partial charge in [0.2, 0.25) is 0 Å². The van der Waals surface area contributed by atoms with Crippen LogP contribution in [0, 0.1) is 6.92 Å². The first-order valence-electron chi connectivity index (χ1n) is 8.05. The Morgan fingerprint density at radius 3 is 2.42 bits per heavy atom. The minimum Gasteiger partial charge on any atom is -0.384 e. The number of carbonyl (C=O) groups excluding carboxylic acids is 1. The van der Waals surface area contributed by atoms with Crippen molar-refractivity contribution in [3.05, 3.63) is 99.0 Å². The Hall–Kier alpha value is -2.33. The van der Waals surface area contributed by atoms with Crippen molar-refractivity contribution in [3.8, 4) is 0 Å². The fourth-order valence-corrected chi connectivity index (χ4v) is 3.18. The summed E-state index contributed by atoms with van der Waals surface area (Å²) in [5.74, 6) is -0.348. The van der Waals surface area contributed by atoms with E-state index in [9.17, 15) is 9.90 Å². The smallest absolute Gasteiger partial charge is 0.257 e. The number of amides is 1. The highest BCUT2D eigenvalue weighted by Gasteiger charge is 2.18. The predicted octanol–water partition coefficient (Wildman–Crippen LogP) is 5.64. The number of hydrogen-bond donors (Lipinski definition) is 2. The number of anilines is 1. The van der Waals surface area contributed by atoms with Gasteiger partial charge in [-0.15, -0.1) is 0 Å². The van der Waals surface area contributed by atoms with E-state index in [1.807, 2.05) is 43.3 Å². The maximum absolute atomic E-state index is 12.6. The molecule has 5 heteroatoms. The van der Waals surface area contributed by atoms with Gasteiger partial charge in [0.1, 0.15) is 6.10 Å². The lowest BCUT2D eigenvalue weighted by molar-refractivity contribution is 0.102. The van der Waals surface area contributed by atoms with Gasteiger partial charge >= 0.3 is 0 Å². The van der Waals surface area contributed by atoms with Crippen LogP contribution < -0.4 is 5.32 Å². The van der Waals surface area contributed by atoms with Gasteiger partial charge in [-0.25, -0.2) is 0 Å². The summed E-state index contributed by atoms with van der Waals surface area (Å²) >= 11 is 12.3. The van der Waals surface area contributed by atoms with Crippen molar-refractivity contribution in [2.45, 2.75) is 13.0 Å². The largest absolute Gasteiger partial charge is 0.384 e. The van der Waals surface area contributed by atoms with Crippen molar-refractivity contribution in [2.24, 2.45) is 0 Å². The lowest BCUT2D eigenvalue weighted by atomic mass is 9.99. The number of aryl methyl sites for hydroxylation is 1. The standard InChI is InChI=1S/C21H17Cl2NO2/c1-13-7-9-16(18(23)11-13)21(26)24-19-10-8-15(22)12-17(19)20(25)14-5-3-2-4-6-14/h2-12,20,25H,1H3,(H,24,26)/t20-/m0/s1. The molecule has 0 saturated carbocycles. The molecule has 0 spiro atoms. The maximum atomic E-state index is 12.6. The van der Waals surface area contributed by atoms with Crippen molar-refractivity contribution < 1.29 is 9.90 Å². The molecule has 0 heterocycles. The highest BCUT2D eigenvalue weighted by molar-refractivity contribution is 6.34. The molecule has 0 saturated heterocycles. The quantitative estimate of drug-likeness (QED) is 0.610. The van der Waals surface area contributed by atoms with E-state index in [-0.39, 0.29) is 5.91 Å². The lowest BCUT2D eigenvalue weighted by Gasteiger charge is -2.17. The molecular formula is C21H17Cl2NO2. The van der Waals surface area contributed by atoms with E-state index in [0.29, 0.717) is 32.4 Å². The first kappa shape index (κ1) is 18.5. The van der Waals surface area contributed by atoms with Crippen LogP contribution in [0.25, 0.3) is 0 Å². The van der Waals surface area contributed by atoms with E-state index in [1.165, 1.54) is 0 Å². The molecule has 0 radical (unpaired) electrons. The first-order valence-corrected chi connectivity index (χ1v) is 8.81. The highest BCUT2D eigenvalue weighted by Crippen LogP contribution is 2.31. The van der Waals surface area contributed by atoms with Crippen molar-refractivity contribution in [3.63, 3.8) is 0 Å². The molecule has 26 heavy (non-hydrogen) atoms.